The highest BCUT2D eigenvalue weighted by Gasteiger charge is 1.96. The molecule has 73 valence electrons. The monoisotopic (exact) mass is 179 g/mol. The van der Waals surface area contributed by atoms with Crippen molar-refractivity contribution in [1.29, 1.82) is 0 Å². The molecule has 1 aromatic rings. The smallest absolute Gasteiger partial charge is 0.112 e. The van der Waals surface area contributed by atoms with Crippen LogP contribution in [0.25, 0.3) is 0 Å². The molecule has 2 heteroatoms. The average Bonchev–Trinajstić information content (AvgIpc) is 2.51. The summed E-state index contributed by atoms with van der Waals surface area (Å²) in [6.07, 6.45) is 10.7. The second-order valence-corrected chi connectivity index (χ2v) is 3.58. The molecule has 0 aliphatic carbocycles. The summed E-state index contributed by atoms with van der Waals surface area (Å²) < 4.78 is 0. The van der Waals surface area contributed by atoms with Crippen LogP contribution in [0.1, 0.15) is 50.5 Å². The number of unbranched alkanes of at least 4 members (excludes halogenated alkanes) is 4. The SMILES string of the molecule is CCCCCCCc1[c]nc(C)[nH]1. The maximum Gasteiger partial charge on any atom is 0.112 e. The fourth-order valence-electron chi connectivity index (χ4n) is 1.45. The first-order chi connectivity index (χ1) is 6.33. The van der Waals surface area contributed by atoms with Gasteiger partial charge in [0.15, 0.2) is 0 Å². The third-order valence-electron chi connectivity index (χ3n) is 2.22. The number of hydrogen-bond acceptors (Lipinski definition) is 1. The van der Waals surface area contributed by atoms with Gasteiger partial charge in [-0.2, -0.15) is 0 Å². The topological polar surface area (TPSA) is 28.7 Å². The molecule has 0 atom stereocenters. The lowest BCUT2D eigenvalue weighted by atomic mass is 10.1. The lowest BCUT2D eigenvalue weighted by Gasteiger charge is -1.97. The van der Waals surface area contributed by atoms with Crippen molar-refractivity contribution in [2.75, 3.05) is 0 Å². The van der Waals surface area contributed by atoms with E-state index in [1.165, 1.54) is 32.1 Å². The minimum atomic E-state index is 0.976. The zero-order chi connectivity index (χ0) is 9.52. The maximum atomic E-state index is 4.05. The minimum Gasteiger partial charge on any atom is -0.346 e. The number of aromatic amines is 1. The van der Waals surface area contributed by atoms with Crippen molar-refractivity contribution in [2.24, 2.45) is 0 Å². The fourth-order valence-corrected chi connectivity index (χ4v) is 1.45. The van der Waals surface area contributed by atoms with Crippen LogP contribution < -0.4 is 0 Å². The van der Waals surface area contributed by atoms with Gasteiger partial charge < -0.3 is 4.98 Å². The normalized spacial score (nSPS) is 10.6. The summed E-state index contributed by atoms with van der Waals surface area (Å²) in [7, 11) is 0. The molecular weight excluding hydrogens is 160 g/mol. The van der Waals surface area contributed by atoms with Gasteiger partial charge in [0.2, 0.25) is 0 Å². The van der Waals surface area contributed by atoms with Gasteiger partial charge in [0.1, 0.15) is 12.0 Å². The van der Waals surface area contributed by atoms with Crippen LogP contribution in [0.3, 0.4) is 0 Å². The Balaban J connectivity index is 2.06. The zero-order valence-electron chi connectivity index (χ0n) is 8.69. The molecule has 0 unspecified atom stereocenters. The molecule has 0 amide bonds. The first-order valence-electron chi connectivity index (χ1n) is 5.26. The van der Waals surface area contributed by atoms with Crippen molar-refractivity contribution in [3.05, 3.63) is 17.7 Å². The van der Waals surface area contributed by atoms with Crippen LogP contribution in [-0.4, -0.2) is 9.97 Å². The first-order valence-corrected chi connectivity index (χ1v) is 5.26. The summed E-state index contributed by atoms with van der Waals surface area (Å²) in [4.78, 5) is 7.25. The summed E-state index contributed by atoms with van der Waals surface area (Å²) in [5.41, 5.74) is 1.16. The molecule has 0 aliphatic rings. The molecule has 1 heterocycles. The Kier molecular flexibility index (Phi) is 4.58. The quantitative estimate of drug-likeness (QED) is 0.668. The van der Waals surface area contributed by atoms with Crippen LogP contribution in [0.5, 0.6) is 0 Å². The number of aromatic nitrogens is 2. The van der Waals surface area contributed by atoms with E-state index < -0.39 is 0 Å². The summed E-state index contributed by atoms with van der Waals surface area (Å²) in [6, 6.07) is 0. The van der Waals surface area contributed by atoms with E-state index in [2.05, 4.69) is 23.1 Å². The van der Waals surface area contributed by atoms with Crippen LogP contribution >= 0.6 is 0 Å². The van der Waals surface area contributed by atoms with Crippen LogP contribution in [-0.2, 0) is 6.42 Å². The molecule has 0 bridgehead atoms. The molecule has 0 saturated heterocycles. The lowest BCUT2D eigenvalue weighted by molar-refractivity contribution is 0.628. The van der Waals surface area contributed by atoms with Gasteiger partial charge in [0.05, 0.1) is 0 Å². The molecule has 0 aromatic carbocycles. The molecule has 0 spiro atoms. The second-order valence-electron chi connectivity index (χ2n) is 3.58. The lowest BCUT2D eigenvalue weighted by Crippen LogP contribution is -1.86. The Morgan fingerprint density at radius 1 is 1.23 bits per heavy atom. The van der Waals surface area contributed by atoms with Gasteiger partial charge in [-0.25, -0.2) is 4.98 Å². The Morgan fingerprint density at radius 2 is 2.00 bits per heavy atom. The number of H-pyrrole nitrogens is 1. The van der Waals surface area contributed by atoms with Gasteiger partial charge in [-0.05, 0) is 19.8 Å². The number of nitrogens with zero attached hydrogens (tertiary/aromatic N) is 1. The molecule has 0 saturated carbocycles. The highest BCUT2D eigenvalue weighted by molar-refractivity contribution is 4.97. The van der Waals surface area contributed by atoms with E-state index in [0.717, 1.165) is 17.9 Å². The molecule has 2 nitrogen and oxygen atoms in total. The molecule has 13 heavy (non-hydrogen) atoms. The van der Waals surface area contributed by atoms with Gasteiger partial charge in [-0.15, -0.1) is 0 Å². The molecule has 1 radical (unpaired) electrons. The average molecular weight is 179 g/mol. The number of aryl methyl sites for hydroxylation is 2. The van der Waals surface area contributed by atoms with E-state index in [9.17, 15) is 0 Å². The standard InChI is InChI=1S/C11H19N2/c1-3-4-5-6-7-8-11-9-12-10(2)13-11/h3-8H2,1-2H3,(H,12,13). The molecule has 0 fully saturated rings. The summed E-state index contributed by atoms with van der Waals surface area (Å²) in [6.45, 7) is 4.21. The second kappa shape index (κ2) is 5.79. The molecule has 1 aromatic heterocycles. The van der Waals surface area contributed by atoms with Crippen molar-refractivity contribution in [3.8, 4) is 0 Å². The molecular formula is C11H19N2. The molecule has 1 N–H and O–H groups in total. The number of hydrogen-bond donors (Lipinski definition) is 1. The van der Waals surface area contributed by atoms with Gasteiger partial charge in [-0.1, -0.05) is 32.6 Å². The first kappa shape index (κ1) is 10.3. The molecule has 0 aliphatic heterocycles. The number of nitrogens with one attached hydrogen (secondary N) is 1. The highest BCUT2D eigenvalue weighted by Crippen LogP contribution is 2.06. The predicted molar refractivity (Wildman–Crippen MR) is 54.6 cm³/mol. The van der Waals surface area contributed by atoms with Gasteiger partial charge in [0.25, 0.3) is 0 Å². The minimum absolute atomic E-state index is 0.976. The van der Waals surface area contributed by atoms with Crippen LogP contribution in [0.2, 0.25) is 0 Å². The van der Waals surface area contributed by atoms with Crippen molar-refractivity contribution in [1.82, 2.24) is 9.97 Å². The summed E-state index contributed by atoms with van der Waals surface area (Å²) in [5, 5.41) is 0. The van der Waals surface area contributed by atoms with E-state index in [1.54, 1.807) is 0 Å². The molecule has 1 rings (SSSR count). The van der Waals surface area contributed by atoms with E-state index in [-0.39, 0.29) is 0 Å². The zero-order valence-corrected chi connectivity index (χ0v) is 8.69. The van der Waals surface area contributed by atoms with Crippen LogP contribution in [0, 0.1) is 13.1 Å². The van der Waals surface area contributed by atoms with E-state index in [4.69, 9.17) is 0 Å². The van der Waals surface area contributed by atoms with Gasteiger partial charge in [-0.3, -0.25) is 0 Å². The van der Waals surface area contributed by atoms with Crippen molar-refractivity contribution in [2.45, 2.75) is 52.4 Å². The van der Waals surface area contributed by atoms with E-state index in [0.29, 0.717) is 0 Å². The highest BCUT2D eigenvalue weighted by atomic mass is 14.9. The summed E-state index contributed by atoms with van der Waals surface area (Å²) >= 11 is 0. The van der Waals surface area contributed by atoms with Crippen molar-refractivity contribution < 1.29 is 0 Å². The predicted octanol–water partition coefficient (Wildman–Crippen LogP) is 3.03. The largest absolute Gasteiger partial charge is 0.346 e. The maximum absolute atomic E-state index is 4.05. The number of imidazole rings is 1. The Morgan fingerprint density at radius 3 is 2.62 bits per heavy atom. The Bertz CT molecular complexity index is 228. The van der Waals surface area contributed by atoms with E-state index in [1.807, 2.05) is 6.92 Å². The van der Waals surface area contributed by atoms with Crippen LogP contribution in [0.15, 0.2) is 0 Å². The summed E-state index contributed by atoms with van der Waals surface area (Å²) in [5.74, 6) is 0.976. The Labute approximate surface area is 80.8 Å². The van der Waals surface area contributed by atoms with Crippen LogP contribution in [0.4, 0.5) is 0 Å². The Hall–Kier alpha value is -0.790. The number of rotatable bonds is 6. The third kappa shape index (κ3) is 4.11. The van der Waals surface area contributed by atoms with Crippen molar-refractivity contribution >= 4 is 0 Å². The van der Waals surface area contributed by atoms with E-state index >= 15 is 0 Å². The van der Waals surface area contributed by atoms with Crippen molar-refractivity contribution in [3.63, 3.8) is 0 Å². The fraction of sp³-hybridized carbons (Fsp3) is 0.727. The van der Waals surface area contributed by atoms with Gasteiger partial charge >= 0.3 is 0 Å². The third-order valence-corrected chi connectivity index (χ3v) is 2.22. The van der Waals surface area contributed by atoms with Gasteiger partial charge in [0, 0.05) is 5.69 Å².